The second-order valence-electron chi connectivity index (χ2n) is 4.42. The van der Waals surface area contributed by atoms with Crippen LogP contribution in [0.25, 0.3) is 22.3 Å². The topological polar surface area (TPSA) is 56.7 Å². The van der Waals surface area contributed by atoms with Crippen LogP contribution in [0.2, 0.25) is 0 Å². The van der Waals surface area contributed by atoms with Crippen molar-refractivity contribution in [3.63, 3.8) is 0 Å². The van der Waals surface area contributed by atoms with Gasteiger partial charge in [0.2, 0.25) is 0 Å². The van der Waals surface area contributed by atoms with Gasteiger partial charge >= 0.3 is 0 Å². The lowest BCUT2D eigenvalue weighted by molar-refractivity contribution is 0.944. The van der Waals surface area contributed by atoms with Crippen LogP contribution in [0.3, 0.4) is 0 Å². The number of anilines is 1. The van der Waals surface area contributed by atoms with E-state index in [2.05, 4.69) is 9.97 Å². The van der Waals surface area contributed by atoms with Crippen LogP contribution in [0.4, 0.5) is 5.69 Å². The predicted molar refractivity (Wildman–Crippen MR) is 73.1 cm³/mol. The average molecular weight is 238 g/mol. The maximum atomic E-state index is 6.08. The third-order valence-electron chi connectivity index (χ3n) is 3.02. The Balaban J connectivity index is 2.42. The fourth-order valence-electron chi connectivity index (χ4n) is 2.25. The summed E-state index contributed by atoms with van der Waals surface area (Å²) in [6.45, 7) is 1.98. The van der Waals surface area contributed by atoms with E-state index in [4.69, 9.17) is 5.73 Å². The van der Waals surface area contributed by atoms with Gasteiger partial charge in [0.15, 0.2) is 0 Å². The predicted octanol–water partition coefficient (Wildman–Crippen LogP) is 2.53. The van der Waals surface area contributed by atoms with E-state index in [1.165, 1.54) is 0 Å². The monoisotopic (exact) mass is 238 g/mol. The molecule has 0 saturated carbocycles. The van der Waals surface area contributed by atoms with Gasteiger partial charge in [0.1, 0.15) is 5.65 Å². The highest BCUT2D eigenvalue weighted by atomic mass is 15.0. The number of aromatic nitrogens is 3. The number of fused-ring (bicyclic) bond motifs is 1. The molecule has 90 valence electrons. The van der Waals surface area contributed by atoms with E-state index >= 15 is 0 Å². The molecule has 3 aromatic rings. The summed E-state index contributed by atoms with van der Waals surface area (Å²) in [7, 11) is 1.95. The molecular weight excluding hydrogens is 224 g/mol. The molecule has 0 saturated heterocycles. The number of nitrogen functional groups attached to an aromatic ring is 1. The molecule has 0 aliphatic carbocycles. The van der Waals surface area contributed by atoms with Crippen molar-refractivity contribution in [3.8, 4) is 11.3 Å². The minimum Gasteiger partial charge on any atom is -0.397 e. The van der Waals surface area contributed by atoms with E-state index in [1.54, 1.807) is 6.20 Å². The quantitative estimate of drug-likeness (QED) is 0.708. The molecule has 0 amide bonds. The van der Waals surface area contributed by atoms with E-state index in [9.17, 15) is 0 Å². The molecule has 4 heteroatoms. The van der Waals surface area contributed by atoms with Gasteiger partial charge in [-0.1, -0.05) is 6.07 Å². The van der Waals surface area contributed by atoms with Crippen molar-refractivity contribution in [1.29, 1.82) is 0 Å². The number of nitrogens with two attached hydrogens (primary N) is 1. The standard InChI is InChI=1S/C14H14N4/c1-9-7-10(12-5-3-4-6-16-12)13-11(15)8-18(2)14(13)17-9/h3-8H,15H2,1-2H3. The van der Waals surface area contributed by atoms with Crippen molar-refractivity contribution in [2.45, 2.75) is 6.92 Å². The summed E-state index contributed by atoms with van der Waals surface area (Å²) in [6, 6.07) is 7.90. The summed E-state index contributed by atoms with van der Waals surface area (Å²) in [5.74, 6) is 0. The summed E-state index contributed by atoms with van der Waals surface area (Å²) >= 11 is 0. The molecule has 4 nitrogen and oxygen atoms in total. The Labute approximate surface area is 105 Å². The second-order valence-corrected chi connectivity index (χ2v) is 4.42. The minimum atomic E-state index is 0.737. The SMILES string of the molecule is Cc1cc(-c2ccccn2)c2c(N)cn(C)c2n1. The summed E-state index contributed by atoms with van der Waals surface area (Å²) in [5.41, 5.74) is 10.6. The van der Waals surface area contributed by atoms with Gasteiger partial charge in [0.05, 0.1) is 16.8 Å². The van der Waals surface area contributed by atoms with Crippen LogP contribution in [0, 0.1) is 6.92 Å². The van der Waals surface area contributed by atoms with Crippen LogP contribution in [0.15, 0.2) is 36.7 Å². The summed E-state index contributed by atoms with van der Waals surface area (Å²) in [6.07, 6.45) is 3.68. The van der Waals surface area contributed by atoms with E-state index in [-0.39, 0.29) is 0 Å². The van der Waals surface area contributed by atoms with Gasteiger partial charge in [0.25, 0.3) is 0 Å². The van der Waals surface area contributed by atoms with Crippen molar-refractivity contribution in [3.05, 3.63) is 42.4 Å². The van der Waals surface area contributed by atoms with E-state index in [1.807, 2.05) is 49.0 Å². The Morgan fingerprint density at radius 1 is 1.28 bits per heavy atom. The summed E-state index contributed by atoms with van der Waals surface area (Å²) in [4.78, 5) is 8.94. The van der Waals surface area contributed by atoms with Gasteiger partial charge in [-0.25, -0.2) is 4.98 Å². The molecule has 3 rings (SSSR count). The molecule has 0 unspecified atom stereocenters. The zero-order valence-electron chi connectivity index (χ0n) is 10.4. The Hall–Kier alpha value is -2.36. The van der Waals surface area contributed by atoms with Crippen LogP contribution < -0.4 is 5.73 Å². The highest BCUT2D eigenvalue weighted by Gasteiger charge is 2.13. The zero-order chi connectivity index (χ0) is 12.7. The number of aryl methyl sites for hydroxylation is 2. The average Bonchev–Trinajstić information content (AvgIpc) is 2.65. The molecule has 0 atom stereocenters. The number of nitrogens with zero attached hydrogens (tertiary/aromatic N) is 3. The van der Waals surface area contributed by atoms with Gasteiger partial charge in [-0.15, -0.1) is 0 Å². The largest absolute Gasteiger partial charge is 0.397 e. The number of hydrogen-bond acceptors (Lipinski definition) is 3. The van der Waals surface area contributed by atoms with Crippen LogP contribution in [-0.2, 0) is 7.05 Å². The van der Waals surface area contributed by atoms with Gasteiger partial charge in [-0.3, -0.25) is 4.98 Å². The minimum absolute atomic E-state index is 0.737. The van der Waals surface area contributed by atoms with Crippen molar-refractivity contribution in [2.75, 3.05) is 5.73 Å². The first-order valence-electron chi connectivity index (χ1n) is 5.80. The first-order valence-corrected chi connectivity index (χ1v) is 5.80. The third kappa shape index (κ3) is 1.54. The third-order valence-corrected chi connectivity index (χ3v) is 3.02. The Kier molecular flexibility index (Phi) is 2.30. The van der Waals surface area contributed by atoms with Gasteiger partial charge in [0, 0.05) is 30.7 Å². The fraction of sp³-hybridized carbons (Fsp3) is 0.143. The molecule has 0 radical (unpaired) electrons. The molecule has 0 aliphatic heterocycles. The number of hydrogen-bond donors (Lipinski definition) is 1. The molecule has 3 aromatic heterocycles. The number of rotatable bonds is 1. The lowest BCUT2D eigenvalue weighted by Crippen LogP contribution is -1.93. The first kappa shape index (κ1) is 10.8. The van der Waals surface area contributed by atoms with Crippen molar-refractivity contribution in [2.24, 2.45) is 7.05 Å². The van der Waals surface area contributed by atoms with Crippen LogP contribution >= 0.6 is 0 Å². The molecule has 0 spiro atoms. The Bertz CT molecular complexity index is 713. The van der Waals surface area contributed by atoms with E-state index < -0.39 is 0 Å². The lowest BCUT2D eigenvalue weighted by atomic mass is 10.1. The fourth-order valence-corrected chi connectivity index (χ4v) is 2.25. The van der Waals surface area contributed by atoms with Gasteiger partial charge in [-0.05, 0) is 25.1 Å². The molecule has 0 fully saturated rings. The van der Waals surface area contributed by atoms with Gasteiger partial charge < -0.3 is 10.3 Å². The zero-order valence-corrected chi connectivity index (χ0v) is 10.4. The summed E-state index contributed by atoms with van der Waals surface area (Å²) in [5, 5.41) is 0.974. The van der Waals surface area contributed by atoms with Gasteiger partial charge in [-0.2, -0.15) is 0 Å². The highest BCUT2D eigenvalue weighted by molar-refractivity contribution is 6.01. The maximum absolute atomic E-state index is 6.08. The van der Waals surface area contributed by atoms with E-state index in [0.29, 0.717) is 0 Å². The van der Waals surface area contributed by atoms with Crippen LogP contribution in [0.5, 0.6) is 0 Å². The highest BCUT2D eigenvalue weighted by Crippen LogP contribution is 2.32. The normalized spacial score (nSPS) is 11.0. The smallest absolute Gasteiger partial charge is 0.142 e. The first-order chi connectivity index (χ1) is 8.66. The molecular formula is C14H14N4. The Morgan fingerprint density at radius 3 is 2.83 bits per heavy atom. The maximum Gasteiger partial charge on any atom is 0.142 e. The molecule has 18 heavy (non-hydrogen) atoms. The van der Waals surface area contributed by atoms with E-state index in [0.717, 1.165) is 33.7 Å². The number of pyridine rings is 2. The lowest BCUT2D eigenvalue weighted by Gasteiger charge is -2.05. The molecule has 3 heterocycles. The van der Waals surface area contributed by atoms with Crippen molar-refractivity contribution < 1.29 is 0 Å². The molecule has 0 aromatic carbocycles. The van der Waals surface area contributed by atoms with Crippen LogP contribution in [-0.4, -0.2) is 14.5 Å². The summed E-state index contributed by atoms with van der Waals surface area (Å²) < 4.78 is 1.95. The Morgan fingerprint density at radius 2 is 2.11 bits per heavy atom. The van der Waals surface area contributed by atoms with Crippen LogP contribution in [0.1, 0.15) is 5.69 Å². The molecule has 0 bridgehead atoms. The second kappa shape index (κ2) is 3.84. The molecule has 2 N–H and O–H groups in total. The van der Waals surface area contributed by atoms with Crippen molar-refractivity contribution in [1.82, 2.24) is 14.5 Å². The molecule has 0 aliphatic rings. The van der Waals surface area contributed by atoms with Crippen molar-refractivity contribution >= 4 is 16.7 Å².